The molecule has 1 amide bonds. The maximum absolute atomic E-state index is 14.4. The number of anilines is 1. The van der Waals surface area contributed by atoms with Gasteiger partial charge in [0.25, 0.3) is 11.5 Å². The number of amides is 1. The lowest BCUT2D eigenvalue weighted by Gasteiger charge is -2.23. The minimum Gasteiger partial charge on any atom is -0.497 e. The van der Waals surface area contributed by atoms with Crippen molar-refractivity contribution in [2.75, 3.05) is 12.0 Å². The molecule has 31 heavy (non-hydrogen) atoms. The number of hydrogen-bond donors (Lipinski definition) is 1. The maximum atomic E-state index is 14.4. The number of aromatic nitrogens is 1. The van der Waals surface area contributed by atoms with Crippen LogP contribution >= 0.6 is 0 Å². The van der Waals surface area contributed by atoms with Gasteiger partial charge in [-0.15, -0.1) is 0 Å². The standard InChI is InChI=1S/C25H21FN2O3/c1-16-10-11-17-13-18(24(29)27-23(17)12-16)15-28(19-6-5-7-20(14-19)31-2)25(30)21-8-3-4-9-22(21)26/h3-14H,15H2,1-2H3,(H,27,29). The van der Waals surface area contributed by atoms with Gasteiger partial charge in [-0.05, 0) is 54.3 Å². The van der Waals surface area contributed by atoms with Crippen molar-refractivity contribution >= 4 is 22.5 Å². The summed E-state index contributed by atoms with van der Waals surface area (Å²) in [5.41, 5.74) is 2.27. The highest BCUT2D eigenvalue weighted by Gasteiger charge is 2.22. The SMILES string of the molecule is COc1cccc(N(Cc2cc3ccc(C)cc3[nH]c2=O)C(=O)c2ccccc2F)c1. The number of nitrogens with one attached hydrogen (secondary N) is 1. The molecule has 4 aromatic rings. The van der Waals surface area contributed by atoms with Gasteiger partial charge in [0.1, 0.15) is 11.6 Å². The average molecular weight is 416 g/mol. The molecule has 156 valence electrons. The Kier molecular flexibility index (Phi) is 5.54. The van der Waals surface area contributed by atoms with Crippen LogP contribution in [0.25, 0.3) is 10.9 Å². The first kappa shape index (κ1) is 20.3. The zero-order chi connectivity index (χ0) is 22.0. The summed E-state index contributed by atoms with van der Waals surface area (Å²) in [6.45, 7) is 1.92. The number of carbonyl (C=O) groups is 1. The van der Waals surface area contributed by atoms with Crippen molar-refractivity contribution in [1.82, 2.24) is 4.98 Å². The van der Waals surface area contributed by atoms with E-state index < -0.39 is 11.7 Å². The number of fused-ring (bicyclic) bond motifs is 1. The van der Waals surface area contributed by atoms with Crippen molar-refractivity contribution < 1.29 is 13.9 Å². The van der Waals surface area contributed by atoms with Crippen LogP contribution in [0.15, 0.2) is 77.6 Å². The van der Waals surface area contributed by atoms with Crippen LogP contribution in [0.3, 0.4) is 0 Å². The van der Waals surface area contributed by atoms with Gasteiger partial charge in [-0.3, -0.25) is 9.59 Å². The monoisotopic (exact) mass is 416 g/mol. The van der Waals surface area contributed by atoms with Gasteiger partial charge in [-0.1, -0.05) is 30.3 Å². The summed E-state index contributed by atoms with van der Waals surface area (Å²) >= 11 is 0. The Bertz CT molecular complexity index is 1330. The Morgan fingerprint density at radius 2 is 1.84 bits per heavy atom. The molecular weight excluding hydrogens is 395 g/mol. The number of pyridine rings is 1. The van der Waals surface area contributed by atoms with Gasteiger partial charge < -0.3 is 14.6 Å². The highest BCUT2D eigenvalue weighted by Crippen LogP contribution is 2.25. The van der Waals surface area contributed by atoms with Gasteiger partial charge in [-0.2, -0.15) is 0 Å². The van der Waals surface area contributed by atoms with Crippen LogP contribution in [0.4, 0.5) is 10.1 Å². The van der Waals surface area contributed by atoms with Crippen LogP contribution in [0.5, 0.6) is 5.75 Å². The van der Waals surface area contributed by atoms with Crippen LogP contribution in [0.2, 0.25) is 0 Å². The van der Waals surface area contributed by atoms with Crippen LogP contribution in [0.1, 0.15) is 21.5 Å². The van der Waals surface area contributed by atoms with E-state index in [4.69, 9.17) is 4.74 Å². The summed E-state index contributed by atoms with van der Waals surface area (Å²) in [6, 6.07) is 20.2. The lowest BCUT2D eigenvalue weighted by atomic mass is 10.1. The first-order valence-corrected chi connectivity index (χ1v) is 9.79. The second-order valence-corrected chi connectivity index (χ2v) is 7.29. The van der Waals surface area contributed by atoms with E-state index in [0.717, 1.165) is 16.5 Å². The summed E-state index contributed by atoms with van der Waals surface area (Å²) in [6.07, 6.45) is 0. The van der Waals surface area contributed by atoms with Crippen molar-refractivity contribution in [3.8, 4) is 5.75 Å². The number of rotatable bonds is 5. The highest BCUT2D eigenvalue weighted by molar-refractivity contribution is 6.06. The predicted molar refractivity (Wildman–Crippen MR) is 119 cm³/mol. The summed E-state index contributed by atoms with van der Waals surface area (Å²) < 4.78 is 19.7. The Balaban J connectivity index is 1.81. The molecule has 1 heterocycles. The lowest BCUT2D eigenvalue weighted by Crippen LogP contribution is -2.33. The van der Waals surface area contributed by atoms with Crippen molar-refractivity contribution in [2.45, 2.75) is 13.5 Å². The second-order valence-electron chi connectivity index (χ2n) is 7.29. The lowest BCUT2D eigenvalue weighted by molar-refractivity contribution is 0.0981. The third-order valence-corrected chi connectivity index (χ3v) is 5.12. The average Bonchev–Trinajstić information content (AvgIpc) is 2.77. The van der Waals surface area contributed by atoms with E-state index in [-0.39, 0.29) is 17.7 Å². The molecule has 0 saturated carbocycles. The van der Waals surface area contributed by atoms with Gasteiger partial charge >= 0.3 is 0 Å². The van der Waals surface area contributed by atoms with E-state index in [2.05, 4.69) is 4.98 Å². The number of methoxy groups -OCH3 is 1. The van der Waals surface area contributed by atoms with E-state index >= 15 is 0 Å². The molecule has 0 radical (unpaired) electrons. The smallest absolute Gasteiger partial charge is 0.261 e. The molecule has 0 bridgehead atoms. The third kappa shape index (κ3) is 4.19. The molecule has 0 spiro atoms. The Morgan fingerprint density at radius 3 is 2.61 bits per heavy atom. The van der Waals surface area contributed by atoms with Crippen LogP contribution in [-0.2, 0) is 6.54 Å². The first-order valence-electron chi connectivity index (χ1n) is 9.79. The topological polar surface area (TPSA) is 62.4 Å². The molecule has 0 aliphatic carbocycles. The Labute approximate surface area is 178 Å². The number of halogens is 1. The maximum Gasteiger partial charge on any atom is 0.261 e. The number of nitrogens with zero attached hydrogens (tertiary/aromatic N) is 1. The zero-order valence-corrected chi connectivity index (χ0v) is 17.2. The van der Waals surface area contributed by atoms with E-state index in [9.17, 15) is 14.0 Å². The minimum atomic E-state index is -0.622. The molecule has 3 aromatic carbocycles. The van der Waals surface area contributed by atoms with Crippen molar-refractivity contribution in [2.24, 2.45) is 0 Å². The van der Waals surface area contributed by atoms with Gasteiger partial charge in [0.2, 0.25) is 0 Å². The van der Waals surface area contributed by atoms with Crippen molar-refractivity contribution in [3.05, 3.63) is 106 Å². The number of aryl methyl sites for hydroxylation is 1. The molecule has 1 N–H and O–H groups in total. The van der Waals surface area contributed by atoms with Gasteiger partial charge in [0, 0.05) is 22.8 Å². The normalized spacial score (nSPS) is 10.8. The molecule has 0 aliphatic heterocycles. The number of benzene rings is 3. The van der Waals surface area contributed by atoms with E-state index in [1.54, 1.807) is 36.4 Å². The molecule has 0 saturated heterocycles. The molecule has 0 fully saturated rings. The van der Waals surface area contributed by atoms with Gasteiger partial charge in [0.15, 0.2) is 0 Å². The van der Waals surface area contributed by atoms with E-state index in [1.807, 2.05) is 25.1 Å². The number of hydrogen-bond acceptors (Lipinski definition) is 3. The van der Waals surface area contributed by atoms with Gasteiger partial charge in [0.05, 0.1) is 19.2 Å². The number of H-pyrrole nitrogens is 1. The number of carbonyl (C=O) groups excluding carboxylic acids is 1. The number of ether oxygens (including phenoxy) is 1. The van der Waals surface area contributed by atoms with Crippen LogP contribution < -0.4 is 15.2 Å². The summed E-state index contributed by atoms with van der Waals surface area (Å²) in [5, 5.41) is 0.851. The fraction of sp³-hybridized carbons (Fsp3) is 0.120. The second kappa shape index (κ2) is 8.44. The molecule has 0 unspecified atom stereocenters. The first-order chi connectivity index (χ1) is 15.0. The molecule has 4 rings (SSSR count). The molecule has 0 atom stereocenters. The number of aromatic amines is 1. The fourth-order valence-electron chi connectivity index (χ4n) is 3.49. The quantitative estimate of drug-likeness (QED) is 0.507. The van der Waals surface area contributed by atoms with Gasteiger partial charge in [-0.25, -0.2) is 4.39 Å². The third-order valence-electron chi connectivity index (χ3n) is 5.12. The molecular formula is C25H21FN2O3. The Hall–Kier alpha value is -3.93. The van der Waals surface area contributed by atoms with Crippen molar-refractivity contribution in [3.63, 3.8) is 0 Å². The zero-order valence-electron chi connectivity index (χ0n) is 17.2. The van der Waals surface area contributed by atoms with Crippen molar-refractivity contribution in [1.29, 1.82) is 0 Å². The Morgan fingerprint density at radius 1 is 1.03 bits per heavy atom. The molecule has 5 nitrogen and oxygen atoms in total. The minimum absolute atomic E-state index is 0.0283. The highest BCUT2D eigenvalue weighted by atomic mass is 19.1. The van der Waals surface area contributed by atoms with E-state index in [1.165, 1.54) is 30.2 Å². The summed E-state index contributed by atoms with van der Waals surface area (Å²) in [5.74, 6) is -0.621. The van der Waals surface area contributed by atoms with E-state index in [0.29, 0.717) is 17.0 Å². The molecule has 1 aromatic heterocycles. The summed E-state index contributed by atoms with van der Waals surface area (Å²) in [7, 11) is 1.53. The molecule has 0 aliphatic rings. The van der Waals surface area contributed by atoms with Crippen LogP contribution in [0, 0.1) is 12.7 Å². The summed E-state index contributed by atoms with van der Waals surface area (Å²) in [4.78, 5) is 30.3. The largest absolute Gasteiger partial charge is 0.497 e. The fourth-order valence-corrected chi connectivity index (χ4v) is 3.49. The van der Waals surface area contributed by atoms with Crippen LogP contribution in [-0.4, -0.2) is 18.0 Å². The predicted octanol–water partition coefficient (Wildman–Crippen LogP) is 4.83. The molecule has 6 heteroatoms.